The van der Waals surface area contributed by atoms with E-state index in [1.54, 1.807) is 0 Å². The predicted octanol–water partition coefficient (Wildman–Crippen LogP) is 20.5. The maximum Gasteiger partial charge on any atom is 0.0476 e. The molecule has 0 radical (unpaired) electrons. The van der Waals surface area contributed by atoms with Crippen molar-refractivity contribution in [3.63, 3.8) is 0 Å². The lowest BCUT2D eigenvalue weighted by Gasteiger charge is -2.29. The van der Waals surface area contributed by atoms with Crippen molar-refractivity contribution in [3.8, 4) is 22.3 Å². The molecule has 358 valence electrons. The van der Waals surface area contributed by atoms with Crippen LogP contribution in [0.5, 0.6) is 0 Å². The third-order valence-electron chi connectivity index (χ3n) is 16.6. The predicted molar refractivity (Wildman–Crippen MR) is 316 cm³/mol. The highest BCUT2D eigenvalue weighted by molar-refractivity contribution is 7.27. The van der Waals surface area contributed by atoms with Gasteiger partial charge in [0.05, 0.1) is 0 Å². The van der Waals surface area contributed by atoms with Crippen LogP contribution < -0.4 is 9.80 Å². The summed E-state index contributed by atoms with van der Waals surface area (Å²) >= 11 is 1.92. The van der Waals surface area contributed by atoms with E-state index in [0.717, 1.165) is 28.4 Å². The Morgan fingerprint density at radius 2 is 0.726 bits per heavy atom. The van der Waals surface area contributed by atoms with Gasteiger partial charge in [-0.15, -0.1) is 11.3 Å². The highest BCUT2D eigenvalue weighted by atomic mass is 32.1. The van der Waals surface area contributed by atoms with Gasteiger partial charge in [0.2, 0.25) is 0 Å². The van der Waals surface area contributed by atoms with Crippen molar-refractivity contribution >= 4 is 87.2 Å². The number of hydrogen-bond acceptors (Lipinski definition) is 3. The molecule has 2 nitrogen and oxygen atoms in total. The van der Waals surface area contributed by atoms with Crippen molar-refractivity contribution in [3.05, 3.63) is 228 Å². The van der Waals surface area contributed by atoms with Crippen LogP contribution >= 0.6 is 11.3 Å². The SMILES string of the molecule is CC(C)(C)c1ccc(N(c2ccc3c(c2)C(C)(C)c2ccccc2-3)c2ccc3c(c2)sc2c4ccc(N(c5ccc(C(C)(C)C)cc5)c5ccc6c(c5)C(C)(C)c5ccccc5-6)cc4c4ccccc4c32)cc1. The molecule has 10 aromatic carbocycles. The Kier molecular flexibility index (Phi) is 9.96. The molecule has 0 bridgehead atoms. The van der Waals surface area contributed by atoms with Crippen molar-refractivity contribution in [1.29, 1.82) is 0 Å². The molecule has 0 fully saturated rings. The Labute approximate surface area is 435 Å². The standard InChI is InChI=1S/C70H62N2S/c1-67(2,3)43-23-27-45(28-24-43)71(48-31-35-54-52-18-13-15-21-60(52)69(7,8)62(54)40-48)47-33-37-57-59(39-47)51-17-11-12-20-56(51)65-58-38-34-50(42-64(58)73-66(57)65)72(46-29-25-44(26-30-46)68(4,5)6)49-32-36-55-53-19-14-16-22-61(53)70(9,10)63(55)41-49/h11-42H,1-10H3. The minimum absolute atomic E-state index is 0.0486. The highest BCUT2D eigenvalue weighted by Crippen LogP contribution is 2.54. The second-order valence-corrected chi connectivity index (χ2v) is 24.9. The fourth-order valence-corrected chi connectivity index (χ4v) is 13.8. The molecule has 0 spiro atoms. The van der Waals surface area contributed by atoms with Crippen LogP contribution in [0.15, 0.2) is 194 Å². The second-order valence-electron chi connectivity index (χ2n) is 23.8. The molecule has 3 heteroatoms. The summed E-state index contributed by atoms with van der Waals surface area (Å²) in [7, 11) is 0. The quantitative estimate of drug-likeness (QED) is 0.153. The molecule has 0 aliphatic heterocycles. The van der Waals surface area contributed by atoms with Crippen LogP contribution in [0.3, 0.4) is 0 Å². The third kappa shape index (κ3) is 7.03. The van der Waals surface area contributed by atoms with Crippen LogP contribution in [-0.2, 0) is 21.7 Å². The number of thiophene rings is 1. The zero-order valence-electron chi connectivity index (χ0n) is 43.8. The number of fused-ring (bicyclic) bond motifs is 14. The van der Waals surface area contributed by atoms with Crippen LogP contribution in [0.4, 0.5) is 34.1 Å². The molecular formula is C70H62N2S. The van der Waals surface area contributed by atoms with Crippen molar-refractivity contribution in [2.75, 3.05) is 9.80 Å². The number of nitrogens with zero attached hydrogens (tertiary/aromatic N) is 2. The molecule has 1 heterocycles. The zero-order chi connectivity index (χ0) is 50.3. The molecule has 11 aromatic rings. The Bertz CT molecular complexity index is 4040. The van der Waals surface area contributed by atoms with Crippen molar-refractivity contribution in [2.24, 2.45) is 0 Å². The number of anilines is 6. The Hall–Kier alpha value is -7.46. The molecule has 0 saturated carbocycles. The number of benzene rings is 10. The van der Waals surface area contributed by atoms with E-state index in [-0.39, 0.29) is 21.7 Å². The van der Waals surface area contributed by atoms with E-state index in [0.29, 0.717) is 0 Å². The smallest absolute Gasteiger partial charge is 0.0476 e. The van der Waals surface area contributed by atoms with E-state index in [9.17, 15) is 0 Å². The summed E-state index contributed by atoms with van der Waals surface area (Å²) in [6, 6.07) is 74.1. The van der Waals surface area contributed by atoms with Gasteiger partial charge in [-0.25, -0.2) is 0 Å². The Morgan fingerprint density at radius 1 is 0.329 bits per heavy atom. The van der Waals surface area contributed by atoms with Crippen molar-refractivity contribution in [2.45, 2.75) is 90.9 Å². The van der Waals surface area contributed by atoms with E-state index in [4.69, 9.17) is 0 Å². The highest BCUT2D eigenvalue weighted by Gasteiger charge is 2.37. The first-order valence-corrected chi connectivity index (χ1v) is 26.9. The van der Waals surface area contributed by atoms with Crippen LogP contribution in [0.2, 0.25) is 0 Å². The summed E-state index contributed by atoms with van der Waals surface area (Å²) in [4.78, 5) is 4.95. The lowest BCUT2D eigenvalue weighted by atomic mass is 9.82. The number of rotatable bonds is 6. The molecule has 73 heavy (non-hydrogen) atoms. The minimum Gasteiger partial charge on any atom is -0.310 e. The van der Waals surface area contributed by atoms with Gasteiger partial charge in [-0.3, -0.25) is 0 Å². The lowest BCUT2D eigenvalue weighted by molar-refractivity contribution is 0.590. The molecule has 0 saturated heterocycles. The maximum atomic E-state index is 2.47. The van der Waals surface area contributed by atoms with E-state index >= 15 is 0 Å². The van der Waals surface area contributed by atoms with E-state index in [1.165, 1.54) is 103 Å². The van der Waals surface area contributed by atoms with E-state index in [2.05, 4.69) is 273 Å². The zero-order valence-corrected chi connectivity index (χ0v) is 44.6. The molecule has 0 unspecified atom stereocenters. The van der Waals surface area contributed by atoms with Gasteiger partial charge in [0.1, 0.15) is 0 Å². The second kappa shape index (κ2) is 16.0. The topological polar surface area (TPSA) is 6.48 Å². The number of hydrogen-bond donors (Lipinski definition) is 0. The first-order chi connectivity index (χ1) is 35.0. The summed E-state index contributed by atoms with van der Waals surface area (Å²) in [6.07, 6.45) is 0. The summed E-state index contributed by atoms with van der Waals surface area (Å²) in [5.74, 6) is 0. The Balaban J connectivity index is 0.980. The molecule has 2 aliphatic carbocycles. The van der Waals surface area contributed by atoms with Gasteiger partial charge < -0.3 is 9.80 Å². The van der Waals surface area contributed by atoms with Crippen LogP contribution in [0, 0.1) is 0 Å². The first-order valence-electron chi connectivity index (χ1n) is 26.1. The summed E-state index contributed by atoms with van der Waals surface area (Å²) in [5, 5.41) is 7.72. The van der Waals surface area contributed by atoms with E-state index < -0.39 is 0 Å². The minimum atomic E-state index is -0.117. The molecule has 0 atom stereocenters. The molecule has 0 N–H and O–H groups in total. The average Bonchev–Trinajstić information content (AvgIpc) is 3.96. The van der Waals surface area contributed by atoms with Gasteiger partial charge in [-0.2, -0.15) is 0 Å². The van der Waals surface area contributed by atoms with Crippen molar-refractivity contribution < 1.29 is 0 Å². The summed E-state index contributed by atoms with van der Waals surface area (Å²) < 4.78 is 2.60. The van der Waals surface area contributed by atoms with E-state index in [1.807, 2.05) is 11.3 Å². The molecule has 2 aliphatic rings. The van der Waals surface area contributed by atoms with Crippen LogP contribution in [0.1, 0.15) is 103 Å². The van der Waals surface area contributed by atoms with Gasteiger partial charge in [-0.1, -0.05) is 191 Å². The molecular weight excluding hydrogens is 901 g/mol. The Morgan fingerprint density at radius 3 is 1.23 bits per heavy atom. The van der Waals surface area contributed by atoms with Gasteiger partial charge in [0.25, 0.3) is 0 Å². The van der Waals surface area contributed by atoms with Crippen LogP contribution in [-0.4, -0.2) is 0 Å². The third-order valence-corrected chi connectivity index (χ3v) is 17.7. The van der Waals surface area contributed by atoms with Crippen LogP contribution in [0.25, 0.3) is 64.0 Å². The maximum absolute atomic E-state index is 2.47. The van der Waals surface area contributed by atoms with Gasteiger partial charge in [0, 0.05) is 70.5 Å². The van der Waals surface area contributed by atoms with Gasteiger partial charge >= 0.3 is 0 Å². The lowest BCUT2D eigenvalue weighted by Crippen LogP contribution is -2.17. The van der Waals surface area contributed by atoms with Crippen molar-refractivity contribution in [1.82, 2.24) is 0 Å². The molecule has 13 rings (SSSR count). The summed E-state index contributed by atoms with van der Waals surface area (Å²) in [6.45, 7) is 23.2. The fourth-order valence-electron chi connectivity index (χ4n) is 12.5. The largest absolute Gasteiger partial charge is 0.310 e. The first kappa shape index (κ1) is 45.4. The molecule has 0 amide bonds. The normalized spacial score (nSPS) is 14.4. The monoisotopic (exact) mass is 962 g/mol. The van der Waals surface area contributed by atoms with Gasteiger partial charge in [0.15, 0.2) is 0 Å². The molecule has 1 aromatic heterocycles. The fraction of sp³-hybridized carbons (Fsp3) is 0.200. The van der Waals surface area contributed by atoms with Gasteiger partial charge in [-0.05, 0) is 155 Å². The summed E-state index contributed by atoms with van der Waals surface area (Å²) in [5.41, 5.74) is 20.3. The average molecular weight is 963 g/mol.